The van der Waals surface area contributed by atoms with Gasteiger partial charge in [-0.1, -0.05) is 28.9 Å². The Balaban J connectivity index is 1.56. The number of nitrogens with zero attached hydrogens (tertiary/aromatic N) is 2. The molecule has 0 atom stereocenters. The maximum Gasteiger partial charge on any atom is 0.306 e. The molecule has 0 saturated carbocycles. The quantitative estimate of drug-likeness (QED) is 0.671. The normalized spacial score (nSPS) is 15.9. The number of hydrogen-bond donors (Lipinski definition) is 2. The highest BCUT2D eigenvalue weighted by molar-refractivity contribution is 6.30. The molecule has 28 heavy (non-hydrogen) atoms. The number of carbonyl (C=O) groups is 1. The molecule has 4 rings (SSSR count). The zero-order valence-electron chi connectivity index (χ0n) is 15.3. The Hall–Kier alpha value is -2.57. The van der Waals surface area contributed by atoms with Crippen molar-refractivity contribution in [2.45, 2.75) is 25.8 Å². The molecule has 2 aromatic carbocycles. The lowest BCUT2D eigenvalue weighted by atomic mass is 9.96. The smallest absolute Gasteiger partial charge is 0.306 e. The number of carboxylic acid groups (broad SMARTS) is 1. The number of phenolic OH excluding ortho intramolecular Hbond substituents is 1. The number of aromatic hydroxyl groups is 1. The summed E-state index contributed by atoms with van der Waals surface area (Å²) in [7, 11) is 0. The van der Waals surface area contributed by atoms with Gasteiger partial charge >= 0.3 is 5.97 Å². The highest BCUT2D eigenvalue weighted by Gasteiger charge is 2.26. The van der Waals surface area contributed by atoms with E-state index in [9.17, 15) is 9.90 Å². The molecule has 1 saturated heterocycles. The van der Waals surface area contributed by atoms with Gasteiger partial charge in [-0.2, -0.15) is 0 Å². The Morgan fingerprint density at radius 2 is 1.89 bits per heavy atom. The maximum absolute atomic E-state index is 11.1. The van der Waals surface area contributed by atoms with E-state index in [0.717, 1.165) is 16.6 Å². The van der Waals surface area contributed by atoms with Crippen LogP contribution in [-0.4, -0.2) is 39.3 Å². The van der Waals surface area contributed by atoms with Crippen LogP contribution in [0.15, 0.2) is 40.9 Å². The number of aliphatic carboxylic acids is 1. The lowest BCUT2D eigenvalue weighted by molar-refractivity contribution is -0.143. The number of fused-ring (bicyclic) bond motifs is 1. The predicted octanol–water partition coefficient (Wildman–Crippen LogP) is 4.07. The van der Waals surface area contributed by atoms with Crippen LogP contribution in [0.5, 0.6) is 5.75 Å². The number of carboxylic acids is 1. The third-order valence-corrected chi connectivity index (χ3v) is 5.65. The van der Waals surface area contributed by atoms with Gasteiger partial charge in [0.2, 0.25) is 0 Å². The molecule has 6 nitrogen and oxygen atoms in total. The first-order valence-electron chi connectivity index (χ1n) is 9.30. The number of aromatic nitrogens is 1. The second-order valence-corrected chi connectivity index (χ2v) is 7.70. The van der Waals surface area contributed by atoms with Gasteiger partial charge in [0.25, 0.3) is 0 Å². The van der Waals surface area contributed by atoms with Crippen molar-refractivity contribution in [2.24, 2.45) is 5.92 Å². The zero-order chi connectivity index (χ0) is 19.7. The maximum atomic E-state index is 11.1. The van der Waals surface area contributed by atoms with E-state index in [1.807, 2.05) is 30.3 Å². The predicted molar refractivity (Wildman–Crippen MR) is 106 cm³/mol. The van der Waals surface area contributed by atoms with E-state index in [-0.39, 0.29) is 11.7 Å². The molecule has 0 spiro atoms. The minimum Gasteiger partial charge on any atom is -0.507 e. The van der Waals surface area contributed by atoms with Crippen LogP contribution in [-0.2, 0) is 17.8 Å². The first-order chi connectivity index (χ1) is 13.5. The van der Waals surface area contributed by atoms with E-state index in [1.54, 1.807) is 6.07 Å². The van der Waals surface area contributed by atoms with Crippen LogP contribution in [0, 0.1) is 5.92 Å². The number of hydrogen-bond acceptors (Lipinski definition) is 5. The summed E-state index contributed by atoms with van der Waals surface area (Å²) in [6.45, 7) is 1.86. The Kier molecular flexibility index (Phi) is 5.24. The number of likely N-dealkylation sites (tertiary alicyclic amines) is 1. The minimum absolute atomic E-state index is 0.169. The van der Waals surface area contributed by atoms with Crippen molar-refractivity contribution in [3.63, 3.8) is 0 Å². The molecule has 0 radical (unpaired) electrons. The lowest BCUT2D eigenvalue weighted by Gasteiger charge is -2.30. The van der Waals surface area contributed by atoms with Gasteiger partial charge in [-0.25, -0.2) is 0 Å². The molecule has 3 aromatic rings. The Morgan fingerprint density at radius 3 is 2.57 bits per heavy atom. The second kappa shape index (κ2) is 7.81. The Labute approximate surface area is 167 Å². The van der Waals surface area contributed by atoms with Gasteiger partial charge in [0, 0.05) is 23.4 Å². The summed E-state index contributed by atoms with van der Waals surface area (Å²) in [4.78, 5) is 13.3. The third kappa shape index (κ3) is 3.84. The Bertz CT molecular complexity index is 992. The number of phenols is 1. The molecule has 7 heteroatoms. The first kappa shape index (κ1) is 18.8. The van der Waals surface area contributed by atoms with Crippen molar-refractivity contribution >= 4 is 28.5 Å². The lowest BCUT2D eigenvalue weighted by Crippen LogP contribution is -2.35. The molecule has 0 amide bonds. The van der Waals surface area contributed by atoms with Gasteiger partial charge in [0.05, 0.1) is 17.2 Å². The largest absolute Gasteiger partial charge is 0.507 e. The van der Waals surface area contributed by atoms with Crippen molar-refractivity contribution in [3.8, 4) is 5.75 Å². The molecule has 0 bridgehead atoms. The summed E-state index contributed by atoms with van der Waals surface area (Å²) in [5.74, 6) is -0.842. The first-order valence-corrected chi connectivity index (χ1v) is 9.68. The van der Waals surface area contributed by atoms with Gasteiger partial charge in [-0.15, -0.1) is 0 Å². The third-order valence-electron chi connectivity index (χ3n) is 5.40. The van der Waals surface area contributed by atoms with Crippen molar-refractivity contribution in [1.82, 2.24) is 10.1 Å². The van der Waals surface area contributed by atoms with E-state index in [1.165, 1.54) is 0 Å². The van der Waals surface area contributed by atoms with Crippen LogP contribution in [0.4, 0.5) is 0 Å². The van der Waals surface area contributed by atoms with Crippen LogP contribution < -0.4 is 0 Å². The summed E-state index contributed by atoms with van der Waals surface area (Å²) in [5.41, 5.74) is 3.17. The van der Waals surface area contributed by atoms with Crippen LogP contribution >= 0.6 is 11.6 Å². The van der Waals surface area contributed by atoms with E-state index in [4.69, 9.17) is 21.2 Å². The topological polar surface area (TPSA) is 86.8 Å². The fraction of sp³-hybridized carbons (Fsp3) is 0.333. The molecule has 0 aliphatic carbocycles. The molecule has 1 aromatic heterocycles. The molecule has 2 heterocycles. The standard InChI is InChI=1S/C21H21ClN2O4/c22-15-3-1-13(2-4-15)11-18-16-5-6-19(25)17(20(16)28-23-18)12-24-9-7-14(8-10-24)21(26)27/h1-6,14,25H,7-12H2,(H,26,27). The highest BCUT2D eigenvalue weighted by atomic mass is 35.5. The molecule has 2 N–H and O–H groups in total. The number of piperidine rings is 1. The molecule has 1 aliphatic rings. The highest BCUT2D eigenvalue weighted by Crippen LogP contribution is 2.32. The molecular formula is C21H21ClN2O4. The molecular weight excluding hydrogens is 380 g/mol. The molecule has 1 fully saturated rings. The Morgan fingerprint density at radius 1 is 1.18 bits per heavy atom. The van der Waals surface area contributed by atoms with Gasteiger partial charge in [-0.05, 0) is 55.8 Å². The van der Waals surface area contributed by atoms with Gasteiger partial charge in [0.1, 0.15) is 5.75 Å². The van der Waals surface area contributed by atoms with Crippen LogP contribution in [0.25, 0.3) is 11.0 Å². The average Bonchev–Trinajstić information content (AvgIpc) is 3.09. The van der Waals surface area contributed by atoms with Crippen molar-refractivity contribution in [3.05, 3.63) is 58.2 Å². The summed E-state index contributed by atoms with van der Waals surface area (Å²) < 4.78 is 5.60. The monoisotopic (exact) mass is 400 g/mol. The van der Waals surface area contributed by atoms with Crippen LogP contribution in [0.3, 0.4) is 0 Å². The summed E-state index contributed by atoms with van der Waals surface area (Å²) >= 11 is 5.95. The van der Waals surface area contributed by atoms with E-state index < -0.39 is 5.97 Å². The van der Waals surface area contributed by atoms with E-state index in [0.29, 0.717) is 55.1 Å². The number of rotatable bonds is 5. The van der Waals surface area contributed by atoms with Gasteiger partial charge < -0.3 is 14.7 Å². The molecule has 1 aliphatic heterocycles. The van der Waals surface area contributed by atoms with Crippen molar-refractivity contribution in [1.29, 1.82) is 0 Å². The molecule has 146 valence electrons. The second-order valence-electron chi connectivity index (χ2n) is 7.26. The average molecular weight is 401 g/mol. The summed E-state index contributed by atoms with van der Waals surface area (Å²) in [6, 6.07) is 11.1. The summed E-state index contributed by atoms with van der Waals surface area (Å²) in [5, 5.41) is 25.3. The van der Waals surface area contributed by atoms with Gasteiger partial charge in [0.15, 0.2) is 5.58 Å². The van der Waals surface area contributed by atoms with Crippen molar-refractivity contribution < 1.29 is 19.5 Å². The minimum atomic E-state index is -0.730. The number of benzene rings is 2. The fourth-order valence-corrected chi connectivity index (χ4v) is 3.86. The SMILES string of the molecule is O=C(O)C1CCN(Cc2c(O)ccc3c(Cc4ccc(Cl)cc4)noc23)CC1. The van der Waals surface area contributed by atoms with E-state index in [2.05, 4.69) is 10.1 Å². The van der Waals surface area contributed by atoms with Crippen LogP contribution in [0.2, 0.25) is 5.02 Å². The van der Waals surface area contributed by atoms with Crippen LogP contribution in [0.1, 0.15) is 29.7 Å². The number of halogens is 1. The van der Waals surface area contributed by atoms with Gasteiger partial charge in [-0.3, -0.25) is 9.69 Å². The molecule has 0 unspecified atom stereocenters. The zero-order valence-corrected chi connectivity index (χ0v) is 16.0. The van der Waals surface area contributed by atoms with Crippen molar-refractivity contribution in [2.75, 3.05) is 13.1 Å². The fourth-order valence-electron chi connectivity index (χ4n) is 3.74. The summed E-state index contributed by atoms with van der Waals surface area (Å²) in [6.07, 6.45) is 1.84. The van der Waals surface area contributed by atoms with E-state index >= 15 is 0 Å².